The van der Waals surface area contributed by atoms with Crippen LogP contribution in [-0.4, -0.2) is 12.2 Å². The van der Waals surface area contributed by atoms with E-state index in [0.29, 0.717) is 12.2 Å². The lowest BCUT2D eigenvalue weighted by molar-refractivity contribution is 0.335. The van der Waals surface area contributed by atoms with Crippen molar-refractivity contribution in [1.82, 2.24) is 0 Å². The molecule has 86 valence electrons. The maximum atomic E-state index is 5.36. The van der Waals surface area contributed by atoms with Crippen LogP contribution < -0.4 is 0 Å². The van der Waals surface area contributed by atoms with E-state index in [1.807, 2.05) is 13.8 Å². The standard InChI is InChI=1S/C7H12O.C4H10.C2H6/c1-2-4-6-7(8-6)5-3-1;1-4(2)3;1-2/h6-7H,1-5H2;4H,1-3H3;1-2H3. The highest BCUT2D eigenvalue weighted by Crippen LogP contribution is 2.34. The van der Waals surface area contributed by atoms with Gasteiger partial charge in [0.2, 0.25) is 0 Å². The molecule has 0 radical (unpaired) electrons. The van der Waals surface area contributed by atoms with Crippen molar-refractivity contribution in [2.75, 3.05) is 0 Å². The van der Waals surface area contributed by atoms with E-state index in [0.717, 1.165) is 5.92 Å². The molecule has 2 rings (SSSR count). The van der Waals surface area contributed by atoms with Gasteiger partial charge in [0.1, 0.15) is 0 Å². The molecule has 1 heterocycles. The van der Waals surface area contributed by atoms with Gasteiger partial charge in [-0.3, -0.25) is 0 Å². The van der Waals surface area contributed by atoms with Crippen molar-refractivity contribution in [3.05, 3.63) is 0 Å². The van der Waals surface area contributed by atoms with Gasteiger partial charge in [-0.25, -0.2) is 0 Å². The fraction of sp³-hybridized carbons (Fsp3) is 1.00. The van der Waals surface area contributed by atoms with Crippen LogP contribution in [0.2, 0.25) is 0 Å². The average molecular weight is 200 g/mol. The average Bonchev–Trinajstić information content (AvgIpc) is 2.82. The molecule has 2 aliphatic rings. The zero-order valence-electron chi connectivity index (χ0n) is 10.7. The molecule has 1 nitrogen and oxygen atoms in total. The SMILES string of the molecule is C1CCC2OC2CC1.CC.CC(C)C. The molecule has 0 amide bonds. The van der Waals surface area contributed by atoms with Gasteiger partial charge in [0.15, 0.2) is 0 Å². The Balaban J connectivity index is 0.000000245. The molecule has 2 atom stereocenters. The quantitative estimate of drug-likeness (QED) is 0.528. The molecule has 0 spiro atoms. The fourth-order valence-electron chi connectivity index (χ4n) is 1.55. The third-order valence-corrected chi connectivity index (χ3v) is 2.16. The second-order valence-corrected chi connectivity index (χ2v) is 4.58. The zero-order valence-corrected chi connectivity index (χ0v) is 10.7. The Kier molecular flexibility index (Phi) is 8.26. The Bertz CT molecular complexity index is 108. The highest BCUT2D eigenvalue weighted by atomic mass is 16.6. The molecule has 0 aromatic carbocycles. The summed E-state index contributed by atoms with van der Waals surface area (Å²) in [6, 6.07) is 0. The molecule has 0 bridgehead atoms. The lowest BCUT2D eigenvalue weighted by Crippen LogP contribution is -1.87. The maximum absolute atomic E-state index is 5.36. The Hall–Kier alpha value is -0.0400. The predicted octanol–water partition coefficient (Wildman–Crippen LogP) is 4.41. The van der Waals surface area contributed by atoms with Crippen molar-refractivity contribution >= 4 is 0 Å². The monoisotopic (exact) mass is 200 g/mol. The molecular weight excluding hydrogens is 172 g/mol. The summed E-state index contributed by atoms with van der Waals surface area (Å²) in [5.41, 5.74) is 0. The molecule has 1 saturated heterocycles. The van der Waals surface area contributed by atoms with E-state index in [1.165, 1.54) is 32.1 Å². The molecule has 0 aromatic heterocycles. The molecule has 2 fully saturated rings. The van der Waals surface area contributed by atoms with Crippen LogP contribution in [0.15, 0.2) is 0 Å². The van der Waals surface area contributed by atoms with Crippen LogP contribution in [0, 0.1) is 5.92 Å². The van der Waals surface area contributed by atoms with E-state index >= 15 is 0 Å². The van der Waals surface area contributed by atoms with Crippen LogP contribution in [0.1, 0.15) is 66.7 Å². The second kappa shape index (κ2) is 8.28. The van der Waals surface area contributed by atoms with Crippen molar-refractivity contribution in [3.8, 4) is 0 Å². The van der Waals surface area contributed by atoms with E-state index in [4.69, 9.17) is 4.74 Å². The van der Waals surface area contributed by atoms with E-state index in [2.05, 4.69) is 20.8 Å². The smallest absolute Gasteiger partial charge is 0.0841 e. The van der Waals surface area contributed by atoms with Crippen LogP contribution in [-0.2, 0) is 4.74 Å². The summed E-state index contributed by atoms with van der Waals surface area (Å²) in [6.45, 7) is 10.5. The van der Waals surface area contributed by atoms with E-state index in [9.17, 15) is 0 Å². The van der Waals surface area contributed by atoms with Crippen molar-refractivity contribution in [1.29, 1.82) is 0 Å². The van der Waals surface area contributed by atoms with Gasteiger partial charge in [0, 0.05) is 0 Å². The topological polar surface area (TPSA) is 12.5 Å². The van der Waals surface area contributed by atoms with E-state index in [1.54, 1.807) is 0 Å². The third-order valence-electron chi connectivity index (χ3n) is 2.16. The van der Waals surface area contributed by atoms with Crippen molar-refractivity contribution in [3.63, 3.8) is 0 Å². The van der Waals surface area contributed by atoms with Gasteiger partial charge in [0.25, 0.3) is 0 Å². The van der Waals surface area contributed by atoms with Crippen molar-refractivity contribution < 1.29 is 4.74 Å². The summed E-state index contributed by atoms with van der Waals surface area (Å²) >= 11 is 0. The van der Waals surface area contributed by atoms with E-state index in [-0.39, 0.29) is 0 Å². The van der Waals surface area contributed by atoms with Crippen LogP contribution in [0.25, 0.3) is 0 Å². The van der Waals surface area contributed by atoms with Crippen LogP contribution >= 0.6 is 0 Å². The van der Waals surface area contributed by atoms with Crippen molar-refractivity contribution in [2.45, 2.75) is 78.9 Å². The fourth-order valence-corrected chi connectivity index (χ4v) is 1.55. The van der Waals surface area contributed by atoms with Gasteiger partial charge in [-0.1, -0.05) is 53.9 Å². The van der Waals surface area contributed by atoms with Crippen LogP contribution in [0.4, 0.5) is 0 Å². The first-order valence-electron chi connectivity index (χ1n) is 6.35. The lowest BCUT2D eigenvalue weighted by atomic mass is 10.2. The number of fused-ring (bicyclic) bond motifs is 1. The highest BCUT2D eigenvalue weighted by molar-refractivity contribution is 4.86. The van der Waals surface area contributed by atoms with Gasteiger partial charge in [-0.15, -0.1) is 0 Å². The Morgan fingerprint density at radius 2 is 1.21 bits per heavy atom. The van der Waals surface area contributed by atoms with Gasteiger partial charge in [-0.05, 0) is 18.8 Å². The normalized spacial score (nSPS) is 28.7. The first-order chi connectivity index (χ1) is 6.70. The Morgan fingerprint density at radius 1 is 0.857 bits per heavy atom. The molecule has 2 unspecified atom stereocenters. The Labute approximate surface area is 90.2 Å². The zero-order chi connectivity index (χ0) is 11.0. The van der Waals surface area contributed by atoms with Gasteiger partial charge in [0.05, 0.1) is 12.2 Å². The van der Waals surface area contributed by atoms with Gasteiger partial charge >= 0.3 is 0 Å². The summed E-state index contributed by atoms with van der Waals surface area (Å²) in [7, 11) is 0. The number of epoxide rings is 1. The minimum atomic E-state index is 0.692. The molecular formula is C13H28O. The van der Waals surface area contributed by atoms with Crippen LogP contribution in [0.5, 0.6) is 0 Å². The first-order valence-corrected chi connectivity index (χ1v) is 6.35. The third kappa shape index (κ3) is 7.37. The molecule has 14 heavy (non-hydrogen) atoms. The van der Waals surface area contributed by atoms with Crippen molar-refractivity contribution in [2.24, 2.45) is 5.92 Å². The summed E-state index contributed by atoms with van der Waals surface area (Å²) in [5, 5.41) is 0. The predicted molar refractivity (Wildman–Crippen MR) is 63.6 cm³/mol. The molecule has 1 aliphatic heterocycles. The highest BCUT2D eigenvalue weighted by Gasteiger charge is 2.38. The summed E-state index contributed by atoms with van der Waals surface area (Å²) in [6.07, 6.45) is 8.31. The van der Waals surface area contributed by atoms with Gasteiger partial charge < -0.3 is 4.74 Å². The summed E-state index contributed by atoms with van der Waals surface area (Å²) in [5.74, 6) is 0.833. The van der Waals surface area contributed by atoms with Gasteiger partial charge in [-0.2, -0.15) is 0 Å². The minimum absolute atomic E-state index is 0.692. The Morgan fingerprint density at radius 3 is 1.57 bits per heavy atom. The summed E-state index contributed by atoms with van der Waals surface area (Å²) in [4.78, 5) is 0. The summed E-state index contributed by atoms with van der Waals surface area (Å²) < 4.78 is 5.36. The lowest BCUT2D eigenvalue weighted by Gasteiger charge is -1.90. The molecule has 0 N–H and O–H groups in total. The van der Waals surface area contributed by atoms with Crippen LogP contribution in [0.3, 0.4) is 0 Å². The number of hydrogen-bond acceptors (Lipinski definition) is 1. The molecule has 0 aromatic rings. The maximum Gasteiger partial charge on any atom is 0.0841 e. The molecule has 1 saturated carbocycles. The number of hydrogen-bond donors (Lipinski definition) is 0. The molecule has 1 aliphatic carbocycles. The first kappa shape index (κ1) is 14.0. The second-order valence-electron chi connectivity index (χ2n) is 4.58. The number of rotatable bonds is 0. The minimum Gasteiger partial charge on any atom is -0.370 e. The largest absolute Gasteiger partial charge is 0.370 e. The van der Waals surface area contributed by atoms with E-state index < -0.39 is 0 Å². The molecule has 1 heteroatoms. The number of ether oxygens (including phenoxy) is 1.